The predicted octanol–water partition coefficient (Wildman–Crippen LogP) is 2.70. The van der Waals surface area contributed by atoms with Crippen LogP contribution in [0.25, 0.3) is 0 Å². The molecule has 2 aliphatic rings. The molecule has 1 aliphatic heterocycles. The van der Waals surface area contributed by atoms with Gasteiger partial charge in [0.05, 0.1) is 0 Å². The van der Waals surface area contributed by atoms with E-state index in [1.807, 2.05) is 0 Å². The molecule has 0 unspecified atom stereocenters. The molecule has 1 N–H and O–H groups in total. The quantitative estimate of drug-likeness (QED) is 0.781. The zero-order valence-corrected chi connectivity index (χ0v) is 9.42. The maximum Gasteiger partial charge on any atom is 0.242 e. The van der Waals surface area contributed by atoms with Gasteiger partial charge in [0, 0.05) is 19.3 Å². The third-order valence-electron chi connectivity index (χ3n) is 3.07. The SMILES string of the molecule is CCCC[C@@]1(O)COC2=C(CCCC2)O1. The highest BCUT2D eigenvalue weighted by Crippen LogP contribution is 2.35. The normalized spacial score (nSPS) is 30.5. The Balaban J connectivity index is 1.99. The molecular weight excluding hydrogens is 192 g/mol. The van der Waals surface area contributed by atoms with E-state index in [1.54, 1.807) is 0 Å². The lowest BCUT2D eigenvalue weighted by molar-refractivity contribution is -0.232. The third kappa shape index (κ3) is 2.46. The van der Waals surface area contributed by atoms with Crippen molar-refractivity contribution in [3.8, 4) is 0 Å². The minimum atomic E-state index is -1.06. The van der Waals surface area contributed by atoms with Crippen molar-refractivity contribution in [2.75, 3.05) is 6.61 Å². The largest absolute Gasteiger partial charge is 0.488 e. The average molecular weight is 212 g/mol. The first-order valence-corrected chi connectivity index (χ1v) is 6.00. The zero-order valence-electron chi connectivity index (χ0n) is 9.42. The summed E-state index contributed by atoms with van der Waals surface area (Å²) in [5.74, 6) is 0.806. The number of hydrogen-bond donors (Lipinski definition) is 1. The summed E-state index contributed by atoms with van der Waals surface area (Å²) in [5, 5.41) is 10.2. The van der Waals surface area contributed by atoms with E-state index in [1.165, 1.54) is 6.42 Å². The molecule has 0 radical (unpaired) electrons. The first-order chi connectivity index (χ1) is 7.23. The highest BCUT2D eigenvalue weighted by atomic mass is 16.7. The van der Waals surface area contributed by atoms with Gasteiger partial charge in [0.2, 0.25) is 5.79 Å². The van der Waals surface area contributed by atoms with Crippen LogP contribution in [-0.2, 0) is 9.47 Å². The molecule has 0 fully saturated rings. The third-order valence-corrected chi connectivity index (χ3v) is 3.07. The highest BCUT2D eigenvalue weighted by Gasteiger charge is 2.36. The maximum atomic E-state index is 10.2. The van der Waals surface area contributed by atoms with Gasteiger partial charge >= 0.3 is 0 Å². The van der Waals surface area contributed by atoms with E-state index in [0.717, 1.165) is 43.6 Å². The highest BCUT2D eigenvalue weighted by molar-refractivity contribution is 5.08. The van der Waals surface area contributed by atoms with Crippen LogP contribution in [0.5, 0.6) is 0 Å². The van der Waals surface area contributed by atoms with E-state index in [-0.39, 0.29) is 0 Å². The van der Waals surface area contributed by atoms with Crippen LogP contribution in [0.2, 0.25) is 0 Å². The fraction of sp³-hybridized carbons (Fsp3) is 0.833. The van der Waals surface area contributed by atoms with E-state index < -0.39 is 5.79 Å². The zero-order chi connectivity index (χ0) is 10.7. The Morgan fingerprint density at radius 2 is 2.00 bits per heavy atom. The summed E-state index contributed by atoms with van der Waals surface area (Å²) < 4.78 is 11.3. The molecule has 1 atom stereocenters. The van der Waals surface area contributed by atoms with Crippen LogP contribution in [-0.4, -0.2) is 17.5 Å². The molecule has 0 saturated heterocycles. The topological polar surface area (TPSA) is 38.7 Å². The molecule has 0 bridgehead atoms. The smallest absolute Gasteiger partial charge is 0.242 e. The van der Waals surface area contributed by atoms with Gasteiger partial charge in [-0.3, -0.25) is 0 Å². The van der Waals surface area contributed by atoms with Gasteiger partial charge in [-0.25, -0.2) is 0 Å². The van der Waals surface area contributed by atoms with Crippen molar-refractivity contribution in [3.05, 3.63) is 11.5 Å². The molecule has 15 heavy (non-hydrogen) atoms. The van der Waals surface area contributed by atoms with Crippen molar-refractivity contribution < 1.29 is 14.6 Å². The summed E-state index contributed by atoms with van der Waals surface area (Å²) >= 11 is 0. The summed E-state index contributed by atoms with van der Waals surface area (Å²) in [5.41, 5.74) is 0. The lowest BCUT2D eigenvalue weighted by Crippen LogP contribution is -2.41. The maximum absolute atomic E-state index is 10.2. The van der Waals surface area contributed by atoms with Gasteiger partial charge in [-0.2, -0.15) is 0 Å². The molecule has 86 valence electrons. The summed E-state index contributed by atoms with van der Waals surface area (Å²) in [4.78, 5) is 0. The monoisotopic (exact) mass is 212 g/mol. The number of unbranched alkanes of at least 4 members (excludes halogenated alkanes) is 1. The molecule has 0 spiro atoms. The summed E-state index contributed by atoms with van der Waals surface area (Å²) in [6.07, 6.45) is 6.92. The van der Waals surface area contributed by atoms with Crippen LogP contribution in [0, 0.1) is 0 Å². The minimum Gasteiger partial charge on any atom is -0.488 e. The molecule has 1 aliphatic carbocycles. The number of hydrogen-bond acceptors (Lipinski definition) is 3. The number of ether oxygens (including phenoxy) is 2. The van der Waals surface area contributed by atoms with Gasteiger partial charge < -0.3 is 14.6 Å². The molecule has 2 rings (SSSR count). The lowest BCUT2D eigenvalue weighted by atomic mass is 10.0. The predicted molar refractivity (Wildman–Crippen MR) is 57.0 cm³/mol. The Hall–Kier alpha value is -0.700. The second-order valence-corrected chi connectivity index (χ2v) is 4.49. The van der Waals surface area contributed by atoms with Crippen molar-refractivity contribution >= 4 is 0 Å². The molecule has 0 aromatic rings. The van der Waals surface area contributed by atoms with Crippen LogP contribution >= 0.6 is 0 Å². The Morgan fingerprint density at radius 1 is 1.27 bits per heavy atom. The Bertz CT molecular complexity index is 260. The fourth-order valence-electron chi connectivity index (χ4n) is 2.15. The standard InChI is InChI=1S/C12H20O3/c1-2-3-8-12(13)9-14-10-6-4-5-7-11(10)15-12/h13H,2-9H2,1H3/t12-/m0/s1. The van der Waals surface area contributed by atoms with E-state index in [9.17, 15) is 5.11 Å². The second-order valence-electron chi connectivity index (χ2n) is 4.49. The molecule has 0 saturated carbocycles. The van der Waals surface area contributed by atoms with Crippen LogP contribution in [0.4, 0.5) is 0 Å². The van der Waals surface area contributed by atoms with Crippen molar-refractivity contribution in [2.45, 2.75) is 57.7 Å². The van der Waals surface area contributed by atoms with Crippen molar-refractivity contribution in [1.82, 2.24) is 0 Å². The van der Waals surface area contributed by atoms with Crippen molar-refractivity contribution in [2.24, 2.45) is 0 Å². The summed E-state index contributed by atoms with van der Waals surface area (Å²) in [6, 6.07) is 0. The molecule has 3 heteroatoms. The number of rotatable bonds is 3. The second kappa shape index (κ2) is 4.44. The fourth-order valence-corrected chi connectivity index (χ4v) is 2.15. The molecular formula is C12H20O3. The van der Waals surface area contributed by atoms with Crippen molar-refractivity contribution in [1.29, 1.82) is 0 Å². The molecule has 1 heterocycles. The van der Waals surface area contributed by atoms with Crippen LogP contribution < -0.4 is 0 Å². The van der Waals surface area contributed by atoms with Crippen LogP contribution in [0.1, 0.15) is 51.9 Å². The first kappa shape index (κ1) is 10.8. The van der Waals surface area contributed by atoms with E-state index in [2.05, 4.69) is 6.92 Å². The molecule has 3 nitrogen and oxygen atoms in total. The van der Waals surface area contributed by atoms with Gasteiger partial charge in [0.15, 0.2) is 6.61 Å². The Labute approximate surface area is 91.1 Å². The first-order valence-electron chi connectivity index (χ1n) is 6.00. The molecule has 0 aromatic carbocycles. The lowest BCUT2D eigenvalue weighted by Gasteiger charge is -2.37. The summed E-state index contributed by atoms with van der Waals surface area (Å²) in [7, 11) is 0. The van der Waals surface area contributed by atoms with Crippen LogP contribution in [0.15, 0.2) is 11.5 Å². The molecule has 0 amide bonds. The Kier molecular flexibility index (Phi) is 3.19. The number of aliphatic hydroxyl groups is 1. The Morgan fingerprint density at radius 3 is 2.73 bits per heavy atom. The average Bonchev–Trinajstić information content (AvgIpc) is 2.26. The van der Waals surface area contributed by atoms with Gasteiger partial charge in [0.1, 0.15) is 11.5 Å². The summed E-state index contributed by atoms with van der Waals surface area (Å²) in [6.45, 7) is 2.41. The molecule has 0 aromatic heterocycles. The number of allylic oxidation sites excluding steroid dienone is 2. The van der Waals surface area contributed by atoms with Crippen molar-refractivity contribution in [3.63, 3.8) is 0 Å². The van der Waals surface area contributed by atoms with E-state index >= 15 is 0 Å². The minimum absolute atomic E-state index is 0.297. The van der Waals surface area contributed by atoms with Gasteiger partial charge in [-0.1, -0.05) is 13.3 Å². The van der Waals surface area contributed by atoms with Gasteiger partial charge in [0.25, 0.3) is 0 Å². The van der Waals surface area contributed by atoms with Gasteiger partial charge in [-0.05, 0) is 19.3 Å². The van der Waals surface area contributed by atoms with Gasteiger partial charge in [-0.15, -0.1) is 0 Å². The van der Waals surface area contributed by atoms with E-state index in [4.69, 9.17) is 9.47 Å². The van der Waals surface area contributed by atoms with E-state index in [0.29, 0.717) is 13.0 Å². The van der Waals surface area contributed by atoms with Crippen LogP contribution in [0.3, 0.4) is 0 Å².